The van der Waals surface area contributed by atoms with Crippen LogP contribution in [0.25, 0.3) is 0 Å². The number of hydrogen-bond donors (Lipinski definition) is 0. The van der Waals surface area contributed by atoms with Crippen molar-refractivity contribution >= 4 is 6.21 Å². The molecule has 0 saturated heterocycles. The van der Waals surface area contributed by atoms with Crippen molar-refractivity contribution in [3.63, 3.8) is 0 Å². The Balaban J connectivity index is 0.000000810. The van der Waals surface area contributed by atoms with Gasteiger partial charge < -0.3 is 21.0 Å². The Hall–Kier alpha value is -0.0161. The minimum absolute atomic E-state index is 0. The van der Waals surface area contributed by atoms with Crippen LogP contribution < -0.4 is 0 Å². The summed E-state index contributed by atoms with van der Waals surface area (Å²) in [6.07, 6.45) is 7.03. The Bertz CT molecular complexity index is 217. The van der Waals surface area contributed by atoms with Gasteiger partial charge >= 0.3 is 0 Å². The molecule has 0 aliphatic heterocycles. The third kappa shape index (κ3) is 2.71. The first kappa shape index (κ1) is 9.98. The standard InChI is InChI=1S/C6H7N3.Y/c1-3-8-9-4-6(2)7-5-9;/h4H,1-2H3;/q-2;. The molecule has 0 fully saturated rings. The van der Waals surface area contributed by atoms with Crippen LogP contribution in [0.2, 0.25) is 0 Å². The Morgan fingerprint density at radius 2 is 2.50 bits per heavy atom. The average molecular weight is 210 g/mol. The summed E-state index contributed by atoms with van der Waals surface area (Å²) in [6.45, 7) is 3.61. The molecule has 0 spiro atoms. The van der Waals surface area contributed by atoms with Crippen molar-refractivity contribution in [2.75, 3.05) is 0 Å². The summed E-state index contributed by atoms with van der Waals surface area (Å²) in [4.78, 5) is 3.84. The Morgan fingerprint density at radius 1 is 1.80 bits per heavy atom. The van der Waals surface area contributed by atoms with Crippen LogP contribution in [0.5, 0.6) is 0 Å². The first-order chi connectivity index (χ1) is 4.33. The SMILES string of the molecule is C[C-]=Nn1[c-]nc(C)c1.[Y]. The second-order valence-corrected chi connectivity index (χ2v) is 1.65. The molecule has 1 heterocycles. The van der Waals surface area contributed by atoms with Gasteiger partial charge in [0.15, 0.2) is 0 Å². The van der Waals surface area contributed by atoms with Crippen LogP contribution in [0.3, 0.4) is 0 Å². The van der Waals surface area contributed by atoms with Gasteiger partial charge in [0.2, 0.25) is 0 Å². The molecule has 0 atom stereocenters. The van der Waals surface area contributed by atoms with Gasteiger partial charge in [-0.1, -0.05) is 12.6 Å². The van der Waals surface area contributed by atoms with E-state index in [0.717, 1.165) is 5.69 Å². The van der Waals surface area contributed by atoms with Gasteiger partial charge in [-0.3, -0.25) is 0 Å². The van der Waals surface area contributed by atoms with Crippen LogP contribution in [0.1, 0.15) is 12.6 Å². The molecule has 51 valence electrons. The molecule has 1 rings (SSSR count). The van der Waals surface area contributed by atoms with Gasteiger partial charge in [0.05, 0.1) is 0 Å². The van der Waals surface area contributed by atoms with Crippen molar-refractivity contribution in [1.29, 1.82) is 0 Å². The van der Waals surface area contributed by atoms with Crippen LogP contribution in [-0.4, -0.2) is 15.9 Å². The van der Waals surface area contributed by atoms with Crippen LogP contribution in [0, 0.1) is 13.3 Å². The van der Waals surface area contributed by atoms with Gasteiger partial charge in [-0.2, -0.15) is 6.92 Å². The van der Waals surface area contributed by atoms with Crippen molar-refractivity contribution in [2.24, 2.45) is 5.10 Å². The smallest absolute Gasteiger partial charge is 0.0202 e. The quantitative estimate of drug-likeness (QED) is 0.496. The predicted octanol–water partition coefficient (Wildman–Crippen LogP) is 0.720. The second-order valence-electron chi connectivity index (χ2n) is 1.65. The average Bonchev–Trinajstić information content (AvgIpc) is 2.17. The molecule has 1 aromatic heterocycles. The first-order valence-electron chi connectivity index (χ1n) is 2.64. The Labute approximate surface area is 85.4 Å². The molecule has 0 aliphatic carbocycles. The molecule has 10 heavy (non-hydrogen) atoms. The van der Waals surface area contributed by atoms with Crippen LogP contribution in [0.4, 0.5) is 0 Å². The molecule has 4 heteroatoms. The molecule has 0 amide bonds. The number of rotatable bonds is 1. The molecule has 0 saturated carbocycles. The van der Waals surface area contributed by atoms with E-state index < -0.39 is 0 Å². The van der Waals surface area contributed by atoms with Gasteiger partial charge in [0.25, 0.3) is 0 Å². The summed E-state index contributed by atoms with van der Waals surface area (Å²) in [5.74, 6) is 0. The Morgan fingerprint density at radius 3 is 2.90 bits per heavy atom. The van der Waals surface area contributed by atoms with E-state index in [2.05, 4.69) is 22.6 Å². The predicted molar refractivity (Wildman–Crippen MR) is 34.3 cm³/mol. The molecule has 0 unspecified atom stereocenters. The van der Waals surface area contributed by atoms with Crippen LogP contribution >= 0.6 is 0 Å². The first-order valence-corrected chi connectivity index (χ1v) is 2.64. The maximum Gasteiger partial charge on any atom is 0.0202 e. The van der Waals surface area contributed by atoms with E-state index in [9.17, 15) is 0 Å². The number of aromatic nitrogens is 2. The van der Waals surface area contributed by atoms with Gasteiger partial charge in [-0.25, -0.2) is 0 Å². The van der Waals surface area contributed by atoms with E-state index in [1.54, 1.807) is 13.1 Å². The minimum atomic E-state index is 0. The fourth-order valence-electron chi connectivity index (χ4n) is 0.524. The summed E-state index contributed by atoms with van der Waals surface area (Å²) in [5.41, 5.74) is 0.911. The molecular formula is C6H7N3Y-2. The van der Waals surface area contributed by atoms with Gasteiger partial charge in [-0.15, -0.1) is 6.20 Å². The van der Waals surface area contributed by atoms with Crippen LogP contribution in [-0.2, 0) is 32.7 Å². The maximum atomic E-state index is 3.84. The number of nitrogens with zero attached hydrogens (tertiary/aromatic N) is 3. The van der Waals surface area contributed by atoms with Crippen molar-refractivity contribution in [3.05, 3.63) is 18.2 Å². The fraction of sp³-hybridized carbons (Fsp3) is 0.333. The number of imidazole rings is 1. The summed E-state index contributed by atoms with van der Waals surface area (Å²) < 4.78 is 1.50. The third-order valence-electron chi connectivity index (χ3n) is 0.846. The largest absolute Gasteiger partial charge is 0.417 e. The normalized spacial score (nSPS) is 9.80. The number of hydrogen-bond acceptors (Lipinski definition) is 2. The molecular weight excluding hydrogens is 203 g/mol. The third-order valence-corrected chi connectivity index (χ3v) is 0.846. The van der Waals surface area contributed by atoms with E-state index in [1.807, 2.05) is 6.92 Å². The molecule has 0 aliphatic rings. The van der Waals surface area contributed by atoms with E-state index in [0.29, 0.717) is 0 Å². The molecule has 1 aromatic rings. The zero-order valence-corrected chi connectivity index (χ0v) is 8.83. The summed E-state index contributed by atoms with van der Waals surface area (Å²) in [5, 5.41) is 3.78. The molecule has 0 bridgehead atoms. The van der Waals surface area contributed by atoms with Crippen molar-refractivity contribution in [1.82, 2.24) is 9.66 Å². The van der Waals surface area contributed by atoms with E-state index in [-0.39, 0.29) is 32.7 Å². The van der Waals surface area contributed by atoms with Gasteiger partial charge in [0.1, 0.15) is 0 Å². The van der Waals surface area contributed by atoms with E-state index in [1.165, 1.54) is 4.68 Å². The van der Waals surface area contributed by atoms with E-state index in [4.69, 9.17) is 0 Å². The zero-order valence-electron chi connectivity index (χ0n) is 6.00. The molecule has 3 nitrogen and oxygen atoms in total. The van der Waals surface area contributed by atoms with Crippen molar-refractivity contribution < 1.29 is 32.7 Å². The van der Waals surface area contributed by atoms with Crippen molar-refractivity contribution in [3.8, 4) is 0 Å². The van der Waals surface area contributed by atoms with E-state index >= 15 is 0 Å². The fourth-order valence-corrected chi connectivity index (χ4v) is 0.524. The van der Waals surface area contributed by atoms with Crippen LogP contribution in [0.15, 0.2) is 11.3 Å². The summed E-state index contributed by atoms with van der Waals surface area (Å²) >= 11 is 0. The minimum Gasteiger partial charge on any atom is -0.417 e. The van der Waals surface area contributed by atoms with Crippen molar-refractivity contribution in [2.45, 2.75) is 13.8 Å². The Kier molecular flexibility index (Phi) is 4.74. The molecule has 0 N–H and O–H groups in total. The summed E-state index contributed by atoms with van der Waals surface area (Å²) in [6, 6.07) is 0. The number of aryl methyl sites for hydroxylation is 1. The zero-order chi connectivity index (χ0) is 6.69. The van der Waals surface area contributed by atoms with Gasteiger partial charge in [-0.05, 0) is 0 Å². The van der Waals surface area contributed by atoms with Gasteiger partial charge in [0, 0.05) is 39.0 Å². The monoisotopic (exact) mass is 210 g/mol. The summed E-state index contributed by atoms with van der Waals surface area (Å²) in [7, 11) is 0. The topological polar surface area (TPSA) is 30.2 Å². The molecule has 0 aromatic carbocycles. The maximum absolute atomic E-state index is 3.84. The second kappa shape index (κ2) is 4.75. The molecule has 1 radical (unpaired) electrons.